The van der Waals surface area contributed by atoms with Crippen LogP contribution in [0.3, 0.4) is 0 Å². The highest BCUT2D eigenvalue weighted by molar-refractivity contribution is 6.05. The number of carboxylic acid groups (broad SMARTS) is 2. The van der Waals surface area contributed by atoms with E-state index < -0.39 is 40.3 Å². The molecule has 1 amide bonds. The maximum absolute atomic E-state index is 12.0. The number of amides is 1. The molecule has 0 saturated carbocycles. The van der Waals surface area contributed by atoms with Crippen molar-refractivity contribution < 1.29 is 29.5 Å². The number of carbonyl (C=O) groups excluding carboxylic acids is 1. The first-order chi connectivity index (χ1) is 11.8. The fraction of sp³-hybridized carbons (Fsp3) is 0.143. The van der Waals surface area contributed by atoms with Crippen molar-refractivity contribution in [1.29, 1.82) is 0 Å². The molecule has 0 bridgehead atoms. The van der Waals surface area contributed by atoms with E-state index in [0.29, 0.717) is 5.56 Å². The summed E-state index contributed by atoms with van der Waals surface area (Å²) in [6, 6.07) is 6.42. The summed E-state index contributed by atoms with van der Waals surface area (Å²) in [4.78, 5) is 47.7. The third-order valence-electron chi connectivity index (χ3n) is 3.16. The first kappa shape index (κ1) is 17.6. The molecule has 0 aliphatic carbocycles. The lowest BCUT2D eigenvalue weighted by atomic mass is 10.2. The topological polar surface area (TPSA) is 165 Å². The van der Waals surface area contributed by atoms with Crippen LogP contribution in [0.2, 0.25) is 0 Å². The number of rotatable bonds is 7. The molecule has 0 aliphatic heterocycles. The second-order valence-corrected chi connectivity index (χ2v) is 4.87. The average Bonchev–Trinajstić information content (AvgIpc) is 2.96. The lowest BCUT2D eigenvalue weighted by molar-refractivity contribution is -0.392. The van der Waals surface area contributed by atoms with Gasteiger partial charge < -0.3 is 25.6 Å². The van der Waals surface area contributed by atoms with Crippen LogP contribution >= 0.6 is 0 Å². The summed E-state index contributed by atoms with van der Waals surface area (Å²) in [5.74, 6) is -5.57. The summed E-state index contributed by atoms with van der Waals surface area (Å²) in [6.07, 6.45) is 1.05. The van der Waals surface area contributed by atoms with Crippen molar-refractivity contribution in [1.82, 2.24) is 14.9 Å². The van der Waals surface area contributed by atoms with E-state index in [9.17, 15) is 24.5 Å². The van der Waals surface area contributed by atoms with E-state index in [1.807, 2.05) is 0 Å². The molecule has 0 aliphatic rings. The first-order valence-corrected chi connectivity index (χ1v) is 6.81. The van der Waals surface area contributed by atoms with Crippen molar-refractivity contribution in [2.24, 2.45) is 0 Å². The van der Waals surface area contributed by atoms with Gasteiger partial charge in [0.1, 0.15) is 6.54 Å². The number of imidazole rings is 1. The second kappa shape index (κ2) is 7.21. The SMILES string of the molecule is O=C(NC(C(=O)O)C(=O)O)c1ncn(Cc2ccccc2)c1[N+](=O)[O-]. The van der Waals surface area contributed by atoms with Crippen LogP contribution in [0.5, 0.6) is 0 Å². The number of carbonyl (C=O) groups is 3. The Kier molecular flexibility index (Phi) is 5.07. The van der Waals surface area contributed by atoms with Crippen LogP contribution in [-0.2, 0) is 16.1 Å². The predicted octanol–water partition coefficient (Wildman–Crippen LogP) is 0.107. The van der Waals surface area contributed by atoms with Gasteiger partial charge in [0.15, 0.2) is 6.33 Å². The molecule has 11 nitrogen and oxygen atoms in total. The molecule has 0 saturated heterocycles. The molecule has 1 aromatic heterocycles. The van der Waals surface area contributed by atoms with Gasteiger partial charge in [0.05, 0.1) is 0 Å². The fourth-order valence-corrected chi connectivity index (χ4v) is 2.05. The van der Waals surface area contributed by atoms with E-state index in [1.165, 1.54) is 0 Å². The van der Waals surface area contributed by atoms with Crippen LogP contribution in [0.4, 0.5) is 5.82 Å². The van der Waals surface area contributed by atoms with Crippen LogP contribution in [-0.4, -0.2) is 48.6 Å². The van der Waals surface area contributed by atoms with Crippen molar-refractivity contribution >= 4 is 23.7 Å². The molecular formula is C14H12N4O7. The summed E-state index contributed by atoms with van der Waals surface area (Å²) in [5, 5.41) is 30.5. The van der Waals surface area contributed by atoms with Crippen molar-refractivity contribution in [3.8, 4) is 0 Å². The Labute approximate surface area is 139 Å². The molecule has 3 N–H and O–H groups in total. The number of carboxylic acids is 2. The fourth-order valence-electron chi connectivity index (χ4n) is 2.05. The van der Waals surface area contributed by atoms with E-state index >= 15 is 0 Å². The maximum Gasteiger partial charge on any atom is 0.356 e. The van der Waals surface area contributed by atoms with Crippen molar-refractivity contribution in [3.63, 3.8) is 0 Å². The van der Waals surface area contributed by atoms with Crippen LogP contribution in [0.15, 0.2) is 36.7 Å². The van der Waals surface area contributed by atoms with Gasteiger partial charge in [-0.25, -0.2) is 19.1 Å². The summed E-state index contributed by atoms with van der Waals surface area (Å²) < 4.78 is 1.10. The highest BCUT2D eigenvalue weighted by Crippen LogP contribution is 2.19. The van der Waals surface area contributed by atoms with Crippen LogP contribution < -0.4 is 5.32 Å². The van der Waals surface area contributed by atoms with E-state index in [4.69, 9.17) is 10.2 Å². The maximum atomic E-state index is 12.0. The van der Waals surface area contributed by atoms with E-state index in [-0.39, 0.29) is 6.54 Å². The molecule has 0 fully saturated rings. The zero-order valence-electron chi connectivity index (χ0n) is 12.5. The predicted molar refractivity (Wildman–Crippen MR) is 81.0 cm³/mol. The Morgan fingerprint density at radius 3 is 2.32 bits per heavy atom. The third kappa shape index (κ3) is 3.96. The largest absolute Gasteiger partial charge is 0.479 e. The average molecular weight is 348 g/mol. The highest BCUT2D eigenvalue weighted by Gasteiger charge is 2.33. The van der Waals surface area contributed by atoms with Gasteiger partial charge in [0.2, 0.25) is 11.7 Å². The molecule has 130 valence electrons. The van der Waals surface area contributed by atoms with Gasteiger partial charge >= 0.3 is 17.8 Å². The molecule has 0 spiro atoms. The number of benzene rings is 1. The summed E-state index contributed by atoms with van der Waals surface area (Å²) >= 11 is 0. The summed E-state index contributed by atoms with van der Waals surface area (Å²) in [7, 11) is 0. The normalized spacial score (nSPS) is 10.4. The van der Waals surface area contributed by atoms with Crippen LogP contribution in [0, 0.1) is 10.1 Å². The molecule has 1 aromatic carbocycles. The molecular weight excluding hydrogens is 336 g/mol. The Morgan fingerprint density at radius 2 is 1.80 bits per heavy atom. The summed E-state index contributed by atoms with van der Waals surface area (Å²) in [6.45, 7) is 0.0543. The Hall–Kier alpha value is -3.76. The minimum Gasteiger partial charge on any atom is -0.479 e. The van der Waals surface area contributed by atoms with Crippen molar-refractivity contribution in [2.75, 3.05) is 0 Å². The molecule has 1 heterocycles. The minimum absolute atomic E-state index is 0.0543. The van der Waals surface area contributed by atoms with Crippen LogP contribution in [0.25, 0.3) is 0 Å². The number of aliphatic carboxylic acids is 2. The standard InChI is InChI=1S/C14H12N4O7/c19-11(16-10(13(20)21)14(22)23)9-12(18(24)25)17(7-15-9)6-8-4-2-1-3-5-8/h1-5,7,10H,6H2,(H,16,19)(H,20,21)(H,22,23). The monoisotopic (exact) mass is 348 g/mol. The van der Waals surface area contributed by atoms with Gasteiger partial charge in [-0.15, -0.1) is 0 Å². The van der Waals surface area contributed by atoms with E-state index in [1.54, 1.807) is 35.6 Å². The Balaban J connectivity index is 2.32. The van der Waals surface area contributed by atoms with Gasteiger partial charge in [-0.3, -0.25) is 4.79 Å². The Morgan fingerprint density at radius 1 is 1.20 bits per heavy atom. The molecule has 11 heteroatoms. The first-order valence-electron chi connectivity index (χ1n) is 6.81. The molecule has 2 rings (SSSR count). The lowest BCUT2D eigenvalue weighted by Gasteiger charge is -2.08. The van der Waals surface area contributed by atoms with Gasteiger partial charge in [0, 0.05) is 0 Å². The van der Waals surface area contributed by atoms with E-state index in [0.717, 1.165) is 10.9 Å². The quantitative estimate of drug-likeness (QED) is 0.360. The number of hydrogen-bond donors (Lipinski definition) is 3. The summed E-state index contributed by atoms with van der Waals surface area (Å²) in [5.41, 5.74) is 0.0392. The van der Waals surface area contributed by atoms with E-state index in [2.05, 4.69) is 4.98 Å². The third-order valence-corrected chi connectivity index (χ3v) is 3.16. The molecule has 0 radical (unpaired) electrons. The minimum atomic E-state index is -2.24. The molecule has 0 atom stereocenters. The van der Waals surface area contributed by atoms with Gasteiger partial charge in [-0.1, -0.05) is 30.3 Å². The van der Waals surface area contributed by atoms with Gasteiger partial charge in [-0.2, -0.15) is 0 Å². The van der Waals surface area contributed by atoms with Crippen molar-refractivity contribution in [3.05, 3.63) is 58.0 Å². The van der Waals surface area contributed by atoms with Crippen molar-refractivity contribution in [2.45, 2.75) is 12.6 Å². The number of hydrogen-bond acceptors (Lipinski definition) is 6. The van der Waals surface area contributed by atoms with Gasteiger partial charge in [0.25, 0.3) is 5.91 Å². The molecule has 25 heavy (non-hydrogen) atoms. The smallest absolute Gasteiger partial charge is 0.356 e. The van der Waals surface area contributed by atoms with Gasteiger partial charge in [-0.05, 0) is 10.5 Å². The molecule has 0 unspecified atom stereocenters. The highest BCUT2D eigenvalue weighted by atomic mass is 16.6. The lowest BCUT2D eigenvalue weighted by Crippen LogP contribution is -2.46. The number of aromatic nitrogens is 2. The number of nitrogens with one attached hydrogen (secondary N) is 1. The zero-order chi connectivity index (χ0) is 18.6. The number of nitrogens with zero attached hydrogens (tertiary/aromatic N) is 3. The zero-order valence-corrected chi connectivity index (χ0v) is 12.5. The Bertz CT molecular complexity index is 817. The molecule has 2 aromatic rings. The number of nitro groups is 1. The second-order valence-electron chi connectivity index (χ2n) is 4.87. The van der Waals surface area contributed by atoms with Crippen LogP contribution in [0.1, 0.15) is 16.1 Å².